The van der Waals surface area contributed by atoms with Crippen LogP contribution >= 0.6 is 0 Å². The lowest BCUT2D eigenvalue weighted by atomic mass is 9.80. The highest BCUT2D eigenvalue weighted by atomic mass is 19.4. The first-order valence-electron chi connectivity index (χ1n) is 6.91. The molecular weight excluding hydrogens is 281 g/mol. The van der Waals surface area contributed by atoms with Gasteiger partial charge in [0.25, 0.3) is 0 Å². The second-order valence-electron chi connectivity index (χ2n) is 6.77. The fraction of sp³-hybridized carbons (Fsp3) is 0.667. The summed E-state index contributed by atoms with van der Waals surface area (Å²) in [5.41, 5.74) is 5.20. The molecule has 2 N–H and O–H groups in total. The predicted octanol–water partition coefficient (Wildman–Crippen LogP) is 3.69. The van der Waals surface area contributed by atoms with Crippen LogP contribution in [0.25, 0.3) is 0 Å². The number of nitrogens with zero attached hydrogens (tertiary/aromatic N) is 1. The molecule has 1 aliphatic rings. The van der Waals surface area contributed by atoms with Crippen molar-refractivity contribution in [3.8, 4) is 0 Å². The van der Waals surface area contributed by atoms with Crippen molar-refractivity contribution in [2.75, 3.05) is 0 Å². The fourth-order valence-electron chi connectivity index (χ4n) is 3.14. The molecule has 0 radical (unpaired) electrons. The number of hydrogen-bond donors (Lipinski definition) is 1. The lowest BCUT2D eigenvalue weighted by Crippen LogP contribution is -2.36. The molecule has 1 saturated heterocycles. The van der Waals surface area contributed by atoms with Gasteiger partial charge >= 0.3 is 6.18 Å². The number of pyridine rings is 1. The number of ether oxygens (including phenoxy) is 1. The Labute approximate surface area is 122 Å². The SMILES string of the molecule is CC1(C)CC(C(N)c2ccc(C(F)(F)F)cn2)C(C)(C)O1. The molecule has 0 aliphatic carbocycles. The maximum absolute atomic E-state index is 12.6. The molecule has 0 amide bonds. The van der Waals surface area contributed by atoms with Crippen molar-refractivity contribution in [2.24, 2.45) is 11.7 Å². The Bertz CT molecular complexity index is 509. The third-order valence-electron chi connectivity index (χ3n) is 4.03. The van der Waals surface area contributed by atoms with Gasteiger partial charge in [0.1, 0.15) is 0 Å². The quantitative estimate of drug-likeness (QED) is 0.906. The zero-order valence-electron chi connectivity index (χ0n) is 12.7. The Morgan fingerprint density at radius 2 is 1.90 bits per heavy atom. The Morgan fingerprint density at radius 1 is 1.29 bits per heavy atom. The summed E-state index contributed by atoms with van der Waals surface area (Å²) in [6.07, 6.45) is -2.81. The topological polar surface area (TPSA) is 48.1 Å². The van der Waals surface area contributed by atoms with Crippen LogP contribution in [0.15, 0.2) is 18.3 Å². The number of rotatable bonds is 2. The molecule has 1 fully saturated rings. The summed E-state index contributed by atoms with van der Waals surface area (Å²) in [5.74, 6) is -0.00302. The second kappa shape index (κ2) is 4.95. The van der Waals surface area contributed by atoms with Gasteiger partial charge in [0.05, 0.1) is 28.5 Å². The van der Waals surface area contributed by atoms with Gasteiger partial charge in [0.15, 0.2) is 0 Å². The van der Waals surface area contributed by atoms with Crippen LogP contribution < -0.4 is 5.73 Å². The van der Waals surface area contributed by atoms with Gasteiger partial charge in [-0.15, -0.1) is 0 Å². The molecule has 2 atom stereocenters. The summed E-state index contributed by atoms with van der Waals surface area (Å²) in [5, 5.41) is 0. The lowest BCUT2D eigenvalue weighted by Gasteiger charge is -2.30. The summed E-state index contributed by atoms with van der Waals surface area (Å²) in [7, 11) is 0. The number of alkyl halides is 3. The third kappa shape index (κ3) is 3.37. The molecule has 0 bridgehead atoms. The van der Waals surface area contributed by atoms with Crippen LogP contribution in [0.1, 0.15) is 51.4 Å². The van der Waals surface area contributed by atoms with Crippen molar-refractivity contribution in [1.82, 2.24) is 4.98 Å². The normalized spacial score (nSPS) is 25.8. The molecule has 2 unspecified atom stereocenters. The molecule has 0 saturated carbocycles. The molecule has 6 heteroatoms. The highest BCUT2D eigenvalue weighted by Gasteiger charge is 2.48. The smallest absolute Gasteiger partial charge is 0.369 e. The van der Waals surface area contributed by atoms with Crippen molar-refractivity contribution >= 4 is 0 Å². The fourth-order valence-corrected chi connectivity index (χ4v) is 3.14. The van der Waals surface area contributed by atoms with Gasteiger partial charge < -0.3 is 10.5 Å². The van der Waals surface area contributed by atoms with E-state index in [1.165, 1.54) is 6.07 Å². The molecule has 0 spiro atoms. The van der Waals surface area contributed by atoms with Crippen molar-refractivity contribution in [1.29, 1.82) is 0 Å². The number of aromatic nitrogens is 1. The van der Waals surface area contributed by atoms with E-state index in [4.69, 9.17) is 10.5 Å². The molecule has 1 aromatic heterocycles. The van der Waals surface area contributed by atoms with E-state index < -0.39 is 23.4 Å². The summed E-state index contributed by atoms with van der Waals surface area (Å²) in [4.78, 5) is 3.90. The van der Waals surface area contributed by atoms with E-state index >= 15 is 0 Å². The predicted molar refractivity (Wildman–Crippen MR) is 73.5 cm³/mol. The first-order valence-corrected chi connectivity index (χ1v) is 6.91. The third-order valence-corrected chi connectivity index (χ3v) is 4.03. The van der Waals surface area contributed by atoms with Crippen LogP contribution in [0, 0.1) is 5.92 Å². The van der Waals surface area contributed by atoms with E-state index in [1.807, 2.05) is 27.7 Å². The van der Waals surface area contributed by atoms with Crippen molar-refractivity contribution in [2.45, 2.75) is 57.5 Å². The van der Waals surface area contributed by atoms with E-state index in [2.05, 4.69) is 4.98 Å². The van der Waals surface area contributed by atoms with Gasteiger partial charge in [-0.2, -0.15) is 13.2 Å². The number of nitrogens with two attached hydrogens (primary N) is 1. The van der Waals surface area contributed by atoms with Crippen LogP contribution in [0.5, 0.6) is 0 Å². The maximum Gasteiger partial charge on any atom is 0.417 e. The zero-order valence-corrected chi connectivity index (χ0v) is 12.7. The van der Waals surface area contributed by atoms with Crippen molar-refractivity contribution < 1.29 is 17.9 Å². The zero-order chi connectivity index (χ0) is 16.1. The standard InChI is InChI=1S/C15H21F3N2O/c1-13(2)7-10(14(3,4)21-13)12(19)11-6-5-9(8-20-11)15(16,17)18/h5-6,8,10,12H,7,19H2,1-4H3. The molecule has 0 aromatic carbocycles. The Balaban J connectivity index is 2.23. The largest absolute Gasteiger partial charge is 0.417 e. The second-order valence-corrected chi connectivity index (χ2v) is 6.77. The molecule has 118 valence electrons. The molecule has 2 heterocycles. The summed E-state index contributed by atoms with van der Waals surface area (Å²) in [6.45, 7) is 7.88. The summed E-state index contributed by atoms with van der Waals surface area (Å²) in [6, 6.07) is 1.93. The highest BCUT2D eigenvalue weighted by molar-refractivity contribution is 5.20. The lowest BCUT2D eigenvalue weighted by molar-refractivity contribution is -0.137. The molecule has 21 heavy (non-hydrogen) atoms. The van der Waals surface area contributed by atoms with Gasteiger partial charge in [0.2, 0.25) is 0 Å². The number of hydrogen-bond acceptors (Lipinski definition) is 3. The Morgan fingerprint density at radius 3 is 2.29 bits per heavy atom. The first kappa shape index (κ1) is 16.2. The molecule has 1 aliphatic heterocycles. The van der Waals surface area contributed by atoms with E-state index in [0.717, 1.165) is 18.7 Å². The van der Waals surface area contributed by atoms with Gasteiger partial charge in [-0.3, -0.25) is 4.98 Å². The molecular formula is C15H21F3N2O. The summed E-state index contributed by atoms with van der Waals surface area (Å²) >= 11 is 0. The summed E-state index contributed by atoms with van der Waals surface area (Å²) < 4.78 is 43.6. The van der Waals surface area contributed by atoms with Gasteiger partial charge in [-0.1, -0.05) is 0 Å². The van der Waals surface area contributed by atoms with Gasteiger partial charge in [0, 0.05) is 12.1 Å². The van der Waals surface area contributed by atoms with Crippen LogP contribution in [0.2, 0.25) is 0 Å². The van der Waals surface area contributed by atoms with Crippen molar-refractivity contribution in [3.63, 3.8) is 0 Å². The van der Waals surface area contributed by atoms with Crippen LogP contribution in [-0.4, -0.2) is 16.2 Å². The van der Waals surface area contributed by atoms with Crippen molar-refractivity contribution in [3.05, 3.63) is 29.6 Å². The highest BCUT2D eigenvalue weighted by Crippen LogP contribution is 2.46. The minimum Gasteiger partial charge on any atom is -0.369 e. The molecule has 2 rings (SSSR count). The van der Waals surface area contributed by atoms with E-state index in [-0.39, 0.29) is 11.5 Å². The minimum absolute atomic E-state index is 0.00302. The number of halogens is 3. The van der Waals surface area contributed by atoms with Gasteiger partial charge in [-0.25, -0.2) is 0 Å². The van der Waals surface area contributed by atoms with Crippen LogP contribution in [0.4, 0.5) is 13.2 Å². The average Bonchev–Trinajstić information content (AvgIpc) is 2.55. The Hall–Kier alpha value is -1.14. The molecule has 1 aromatic rings. The van der Waals surface area contributed by atoms with Crippen LogP contribution in [0.3, 0.4) is 0 Å². The average molecular weight is 302 g/mol. The van der Waals surface area contributed by atoms with Crippen LogP contribution in [-0.2, 0) is 10.9 Å². The maximum atomic E-state index is 12.6. The van der Waals surface area contributed by atoms with E-state index in [0.29, 0.717) is 5.69 Å². The first-order chi connectivity index (χ1) is 9.42. The molecule has 3 nitrogen and oxygen atoms in total. The van der Waals surface area contributed by atoms with E-state index in [1.54, 1.807) is 0 Å². The van der Waals surface area contributed by atoms with Gasteiger partial charge in [-0.05, 0) is 46.2 Å². The minimum atomic E-state index is -4.38. The monoisotopic (exact) mass is 302 g/mol. The Kier molecular flexibility index (Phi) is 3.83. The van der Waals surface area contributed by atoms with E-state index in [9.17, 15) is 13.2 Å².